The molecule has 2 aromatic rings. The lowest BCUT2D eigenvalue weighted by Crippen LogP contribution is -2.33. The number of sulfonamides is 1. The summed E-state index contributed by atoms with van der Waals surface area (Å²) in [6, 6.07) is 6.41. The number of rotatable bonds is 11. The second-order valence-electron chi connectivity index (χ2n) is 6.64. The Kier molecular flexibility index (Phi) is 8.63. The molecule has 0 N–H and O–H groups in total. The molecule has 0 aliphatic carbocycles. The van der Waals surface area contributed by atoms with Crippen LogP contribution in [0.3, 0.4) is 0 Å². The van der Waals surface area contributed by atoms with E-state index in [9.17, 15) is 13.2 Å². The molecule has 0 radical (unpaired) electrons. The first-order valence-electron chi connectivity index (χ1n) is 9.71. The molecule has 10 heteroatoms. The van der Waals surface area contributed by atoms with Crippen LogP contribution in [0, 0.1) is 0 Å². The molecule has 0 unspecified atom stereocenters. The molecule has 164 valence electrons. The predicted molar refractivity (Wildman–Crippen MR) is 118 cm³/mol. The molecule has 0 fully saturated rings. The molecule has 0 aliphatic rings. The number of aromatic nitrogens is 2. The van der Waals surface area contributed by atoms with Gasteiger partial charge in [0.15, 0.2) is 0 Å². The van der Waals surface area contributed by atoms with E-state index in [2.05, 4.69) is 16.8 Å². The highest BCUT2D eigenvalue weighted by atomic mass is 32.2. The maximum atomic E-state index is 12.7. The highest BCUT2D eigenvalue weighted by molar-refractivity contribution is 7.99. The number of nitrogens with zero attached hydrogens (tertiary/aromatic N) is 4. The number of hydrogen-bond acceptors (Lipinski definition) is 7. The van der Waals surface area contributed by atoms with Gasteiger partial charge < -0.3 is 9.32 Å². The molecule has 2 rings (SSSR count). The maximum Gasteiger partial charge on any atom is 0.277 e. The minimum Gasteiger partial charge on any atom is -0.411 e. The number of likely N-dealkylation sites (N-methyl/N-ethyl adjacent to an activating group) is 1. The van der Waals surface area contributed by atoms with Gasteiger partial charge in [-0.3, -0.25) is 4.79 Å². The van der Waals surface area contributed by atoms with E-state index in [-0.39, 0.29) is 27.7 Å². The maximum absolute atomic E-state index is 12.7. The summed E-state index contributed by atoms with van der Waals surface area (Å²) in [6.07, 6.45) is 0. The molecule has 8 nitrogen and oxygen atoms in total. The van der Waals surface area contributed by atoms with Gasteiger partial charge in [0.25, 0.3) is 5.22 Å². The van der Waals surface area contributed by atoms with E-state index < -0.39 is 10.0 Å². The first kappa shape index (κ1) is 24.1. The van der Waals surface area contributed by atoms with Gasteiger partial charge in [0.1, 0.15) is 0 Å². The van der Waals surface area contributed by atoms with Crippen LogP contribution in [-0.2, 0) is 14.8 Å². The van der Waals surface area contributed by atoms with Crippen molar-refractivity contribution in [3.05, 3.63) is 36.4 Å². The fraction of sp³-hybridized carbons (Fsp3) is 0.450. The van der Waals surface area contributed by atoms with E-state index in [0.717, 1.165) is 17.3 Å². The van der Waals surface area contributed by atoms with Gasteiger partial charge >= 0.3 is 0 Å². The largest absolute Gasteiger partial charge is 0.411 e. The Hall–Kier alpha value is -2.17. The van der Waals surface area contributed by atoms with Crippen LogP contribution in [0.1, 0.15) is 27.7 Å². The van der Waals surface area contributed by atoms with Gasteiger partial charge in [-0.1, -0.05) is 43.8 Å². The lowest BCUT2D eigenvalue weighted by atomic mass is 10.2. The summed E-state index contributed by atoms with van der Waals surface area (Å²) >= 11 is 1.15. The third kappa shape index (κ3) is 5.93. The van der Waals surface area contributed by atoms with Gasteiger partial charge in [-0.05, 0) is 32.0 Å². The normalized spacial score (nSPS) is 11.6. The number of thioether (sulfide) groups is 1. The monoisotopic (exact) mass is 452 g/mol. The van der Waals surface area contributed by atoms with Crippen molar-refractivity contribution >= 4 is 27.7 Å². The van der Waals surface area contributed by atoms with Crippen molar-refractivity contribution in [2.75, 3.05) is 31.9 Å². The average Bonchev–Trinajstić information content (AvgIpc) is 3.20. The molecule has 0 bridgehead atoms. The lowest BCUT2D eigenvalue weighted by Gasteiger charge is -2.20. The summed E-state index contributed by atoms with van der Waals surface area (Å²) in [6.45, 7) is 13.1. The summed E-state index contributed by atoms with van der Waals surface area (Å²) < 4.78 is 32.5. The van der Waals surface area contributed by atoms with Crippen molar-refractivity contribution in [2.45, 2.75) is 37.8 Å². The Morgan fingerprint density at radius 3 is 2.47 bits per heavy atom. The molecule has 0 atom stereocenters. The third-order valence-electron chi connectivity index (χ3n) is 4.34. The molecule has 30 heavy (non-hydrogen) atoms. The Morgan fingerprint density at radius 2 is 1.87 bits per heavy atom. The Labute approximate surface area is 182 Å². The summed E-state index contributed by atoms with van der Waals surface area (Å²) in [5, 5.41) is 8.22. The Morgan fingerprint density at radius 1 is 1.17 bits per heavy atom. The SMILES string of the molecule is C=C(C)CN(CC)C(=O)CSc1nnc(-c2cccc(S(=O)(=O)N(CC)CC)c2)o1. The molecule has 1 aromatic carbocycles. The third-order valence-corrected chi connectivity index (χ3v) is 7.19. The minimum absolute atomic E-state index is 0.0439. The Bertz CT molecular complexity index is 984. The van der Waals surface area contributed by atoms with Gasteiger partial charge in [-0.25, -0.2) is 8.42 Å². The predicted octanol–water partition coefficient (Wildman–Crippen LogP) is 3.28. The molecule has 1 amide bonds. The van der Waals surface area contributed by atoms with E-state index in [1.165, 1.54) is 10.4 Å². The molecule has 0 aliphatic heterocycles. The summed E-state index contributed by atoms with van der Waals surface area (Å²) in [5.41, 5.74) is 1.42. The van der Waals surface area contributed by atoms with Gasteiger partial charge in [-0.15, -0.1) is 10.2 Å². The number of carbonyl (C=O) groups is 1. The van der Waals surface area contributed by atoms with Crippen LogP contribution < -0.4 is 0 Å². The topological polar surface area (TPSA) is 96.6 Å². The van der Waals surface area contributed by atoms with Gasteiger partial charge in [0.2, 0.25) is 21.8 Å². The standard InChI is InChI=1S/C20H28N4O4S2/c1-6-23(13-15(4)5)18(25)14-29-20-22-21-19(28-20)16-10-9-11-17(12-16)30(26,27)24(7-2)8-3/h9-12H,4,6-8,13-14H2,1-3,5H3. The smallest absolute Gasteiger partial charge is 0.277 e. The van der Waals surface area contributed by atoms with Crippen LogP contribution in [0.25, 0.3) is 11.5 Å². The van der Waals surface area contributed by atoms with Gasteiger partial charge in [0, 0.05) is 31.7 Å². The molecule has 0 saturated heterocycles. The van der Waals surface area contributed by atoms with Gasteiger partial charge in [-0.2, -0.15) is 4.31 Å². The fourth-order valence-corrected chi connectivity index (χ4v) is 4.97. The van der Waals surface area contributed by atoms with E-state index in [1.54, 1.807) is 36.9 Å². The molecular weight excluding hydrogens is 424 g/mol. The summed E-state index contributed by atoms with van der Waals surface area (Å²) in [4.78, 5) is 14.2. The van der Waals surface area contributed by atoms with E-state index in [1.807, 2.05) is 13.8 Å². The van der Waals surface area contributed by atoms with E-state index >= 15 is 0 Å². The molecule has 1 heterocycles. The zero-order chi connectivity index (χ0) is 22.3. The van der Waals surface area contributed by atoms with Crippen molar-refractivity contribution in [3.63, 3.8) is 0 Å². The quantitative estimate of drug-likeness (QED) is 0.381. The zero-order valence-corrected chi connectivity index (χ0v) is 19.4. The number of amides is 1. The van der Waals surface area contributed by atoms with Crippen molar-refractivity contribution in [2.24, 2.45) is 0 Å². The van der Waals surface area contributed by atoms with Crippen LogP contribution >= 0.6 is 11.8 Å². The zero-order valence-electron chi connectivity index (χ0n) is 17.8. The first-order chi connectivity index (χ1) is 14.2. The van der Waals surface area contributed by atoms with Crippen molar-refractivity contribution in [1.29, 1.82) is 0 Å². The van der Waals surface area contributed by atoms with E-state index in [4.69, 9.17) is 4.42 Å². The fourth-order valence-electron chi connectivity index (χ4n) is 2.80. The summed E-state index contributed by atoms with van der Waals surface area (Å²) in [5.74, 6) is 0.326. The highest BCUT2D eigenvalue weighted by Gasteiger charge is 2.23. The highest BCUT2D eigenvalue weighted by Crippen LogP contribution is 2.26. The second kappa shape index (κ2) is 10.7. The van der Waals surface area contributed by atoms with E-state index in [0.29, 0.717) is 31.7 Å². The van der Waals surface area contributed by atoms with Crippen molar-refractivity contribution < 1.29 is 17.6 Å². The molecule has 1 aromatic heterocycles. The number of benzene rings is 1. The number of carbonyl (C=O) groups excluding carboxylic acids is 1. The first-order valence-corrected chi connectivity index (χ1v) is 12.1. The minimum atomic E-state index is -3.59. The van der Waals surface area contributed by atoms with Crippen LogP contribution in [0.4, 0.5) is 0 Å². The van der Waals surface area contributed by atoms with Crippen molar-refractivity contribution in [1.82, 2.24) is 19.4 Å². The van der Waals surface area contributed by atoms with Crippen LogP contribution in [0.5, 0.6) is 0 Å². The van der Waals surface area contributed by atoms with Crippen molar-refractivity contribution in [3.8, 4) is 11.5 Å². The molecule has 0 saturated carbocycles. The lowest BCUT2D eigenvalue weighted by molar-refractivity contribution is -0.127. The Balaban J connectivity index is 2.13. The average molecular weight is 453 g/mol. The van der Waals surface area contributed by atoms with Gasteiger partial charge in [0.05, 0.1) is 10.6 Å². The number of hydrogen-bond donors (Lipinski definition) is 0. The van der Waals surface area contributed by atoms with Crippen LogP contribution in [-0.4, -0.2) is 65.7 Å². The second-order valence-corrected chi connectivity index (χ2v) is 9.51. The molecular formula is C20H28N4O4S2. The van der Waals surface area contributed by atoms with Crippen LogP contribution in [0.15, 0.2) is 51.0 Å². The van der Waals surface area contributed by atoms with Crippen LogP contribution in [0.2, 0.25) is 0 Å². The summed E-state index contributed by atoms with van der Waals surface area (Å²) in [7, 11) is -3.59. The molecule has 0 spiro atoms.